The van der Waals surface area contributed by atoms with Crippen LogP contribution < -0.4 is 14.5 Å². The van der Waals surface area contributed by atoms with Crippen molar-refractivity contribution in [1.82, 2.24) is 19.8 Å². The molecule has 0 unspecified atom stereocenters. The third-order valence-corrected chi connectivity index (χ3v) is 9.20. The molecule has 3 aliphatic rings. The molecule has 1 aromatic heterocycles. The Balaban J connectivity index is 0.00000400. The van der Waals surface area contributed by atoms with Gasteiger partial charge in [0.05, 0.1) is 23.9 Å². The highest BCUT2D eigenvalue weighted by molar-refractivity contribution is 7.59. The molecule has 2 aromatic carbocycles. The number of benzene rings is 2. The van der Waals surface area contributed by atoms with Crippen molar-refractivity contribution >= 4 is 53.3 Å². The van der Waals surface area contributed by atoms with Crippen LogP contribution in [0, 0.1) is 23.8 Å². The van der Waals surface area contributed by atoms with Crippen molar-refractivity contribution in [1.29, 1.82) is 0 Å². The Morgan fingerprint density at radius 3 is 2.64 bits per heavy atom. The number of piperazine rings is 1. The van der Waals surface area contributed by atoms with Crippen LogP contribution in [0.15, 0.2) is 36.4 Å². The first-order valence-electron chi connectivity index (χ1n) is 15.2. The van der Waals surface area contributed by atoms with E-state index >= 15 is 0 Å². The fourth-order valence-electron chi connectivity index (χ4n) is 6.63. The first-order valence-corrected chi connectivity index (χ1v) is 15.6. The average molecular weight is 646 g/mol. The molecule has 1 saturated heterocycles. The number of nitrogens with zero attached hydrogens (tertiary/aromatic N) is 7. The number of ether oxygens (including phenoxy) is 1. The third-order valence-electron chi connectivity index (χ3n) is 8.89. The van der Waals surface area contributed by atoms with Crippen molar-refractivity contribution in [2.45, 2.75) is 38.8 Å². The van der Waals surface area contributed by atoms with E-state index in [1.54, 1.807) is 11.8 Å². The summed E-state index contributed by atoms with van der Waals surface area (Å²) in [5, 5.41) is 2.89. The number of hydrogen-bond acceptors (Lipinski definition) is 7. The summed E-state index contributed by atoms with van der Waals surface area (Å²) in [5.41, 5.74) is 3.27. The lowest BCUT2D eigenvalue weighted by Crippen LogP contribution is -2.56. The molecule has 9 nitrogen and oxygen atoms in total. The van der Waals surface area contributed by atoms with Crippen LogP contribution in [0.1, 0.15) is 31.0 Å². The van der Waals surface area contributed by atoms with Gasteiger partial charge in [-0.2, -0.15) is 23.5 Å². The second-order valence-electron chi connectivity index (χ2n) is 12.4. The van der Waals surface area contributed by atoms with E-state index in [2.05, 4.69) is 69.7 Å². The number of hydrogen-bond donors (Lipinski definition) is 0. The van der Waals surface area contributed by atoms with E-state index in [0.29, 0.717) is 38.8 Å². The van der Waals surface area contributed by atoms with Crippen molar-refractivity contribution in [2.24, 2.45) is 5.41 Å². The molecule has 236 valence electrons. The molecule has 3 heterocycles. The van der Waals surface area contributed by atoms with Crippen molar-refractivity contribution in [3.05, 3.63) is 64.1 Å². The molecule has 1 saturated carbocycles. The zero-order valence-electron chi connectivity index (χ0n) is 26.1. The summed E-state index contributed by atoms with van der Waals surface area (Å²) in [6.45, 7) is 13.9. The smallest absolute Gasteiger partial charge is 0.318 e. The van der Waals surface area contributed by atoms with E-state index in [1.165, 1.54) is 0 Å². The van der Waals surface area contributed by atoms with Gasteiger partial charge in [-0.25, -0.2) is 6.57 Å². The number of carbonyl (C=O) groups is 1. The maximum Gasteiger partial charge on any atom is 0.318 e. The van der Waals surface area contributed by atoms with Crippen LogP contribution in [0.25, 0.3) is 15.6 Å². The van der Waals surface area contributed by atoms with Gasteiger partial charge in [-0.05, 0) is 63.7 Å². The fourth-order valence-corrected chi connectivity index (χ4v) is 6.91. The number of amides is 1. The summed E-state index contributed by atoms with van der Waals surface area (Å²) in [6, 6.07) is 12.4. The Labute approximate surface area is 277 Å². The van der Waals surface area contributed by atoms with E-state index in [1.807, 2.05) is 12.1 Å². The molecule has 0 N–H and O–H groups in total. The van der Waals surface area contributed by atoms with E-state index in [0.717, 1.165) is 70.9 Å². The molecule has 1 amide bonds. The number of carbonyl (C=O) groups excluding carboxylic acids is 1. The molecule has 2 fully saturated rings. The lowest BCUT2D eigenvalue weighted by molar-refractivity contribution is -0.127. The van der Waals surface area contributed by atoms with Crippen LogP contribution in [0.2, 0.25) is 5.02 Å². The molecule has 11 heteroatoms. The number of aromatic nitrogens is 2. The maximum atomic E-state index is 12.7. The molecule has 6 rings (SSSR count). The second kappa shape index (κ2) is 13.7. The minimum atomic E-state index is -0.266. The van der Waals surface area contributed by atoms with Crippen LogP contribution in [-0.2, 0) is 17.8 Å². The lowest BCUT2D eigenvalue weighted by Gasteiger charge is -2.40. The fraction of sp³-hybridized carbons (Fsp3) is 0.471. The van der Waals surface area contributed by atoms with Crippen LogP contribution in [0.5, 0.6) is 6.01 Å². The zero-order chi connectivity index (χ0) is 30.8. The van der Waals surface area contributed by atoms with Crippen LogP contribution in [0.4, 0.5) is 11.5 Å². The highest BCUT2D eigenvalue weighted by atomic mass is 35.5. The van der Waals surface area contributed by atoms with Crippen molar-refractivity contribution < 1.29 is 9.53 Å². The van der Waals surface area contributed by atoms with Gasteiger partial charge in [-0.1, -0.05) is 41.8 Å². The SMILES string of the molecule is S.[C-]#[N+]C[C@H]1CN(c2nc(OCC3(CN(C)C)CC3)nc3c2CCN(c2cccc4cccc(Cl)c24)C3)CCN1C(=O)C#CC. The molecule has 0 bridgehead atoms. The summed E-state index contributed by atoms with van der Waals surface area (Å²) >= 11 is 6.71. The molecule has 3 aromatic rings. The molecule has 0 spiro atoms. The van der Waals surface area contributed by atoms with Crippen LogP contribution >= 0.6 is 25.1 Å². The van der Waals surface area contributed by atoms with Gasteiger partial charge >= 0.3 is 6.01 Å². The Bertz CT molecular complexity index is 1670. The van der Waals surface area contributed by atoms with Crippen molar-refractivity contribution in [3.8, 4) is 17.9 Å². The summed E-state index contributed by atoms with van der Waals surface area (Å²) < 4.78 is 6.38. The molecular formula is C34H40ClN7O2S. The van der Waals surface area contributed by atoms with Gasteiger partial charge in [-0.15, -0.1) is 0 Å². The highest BCUT2D eigenvalue weighted by Gasteiger charge is 2.44. The summed E-state index contributed by atoms with van der Waals surface area (Å²) in [6.07, 6.45) is 3.02. The quantitative estimate of drug-likeness (QED) is 0.261. The molecular weight excluding hydrogens is 606 g/mol. The van der Waals surface area contributed by atoms with Gasteiger partial charge in [0.15, 0.2) is 0 Å². The Hall–Kier alpha value is -3.70. The average Bonchev–Trinajstić information content (AvgIpc) is 3.78. The highest BCUT2D eigenvalue weighted by Crippen LogP contribution is 2.46. The van der Waals surface area contributed by atoms with Crippen LogP contribution in [-0.4, -0.2) is 91.7 Å². The largest absolute Gasteiger partial charge is 0.463 e. The summed E-state index contributed by atoms with van der Waals surface area (Å²) in [7, 11) is 4.19. The van der Waals surface area contributed by atoms with Gasteiger partial charge in [0, 0.05) is 54.8 Å². The third kappa shape index (κ3) is 6.94. The second-order valence-corrected chi connectivity index (χ2v) is 12.8. The molecule has 45 heavy (non-hydrogen) atoms. The van der Waals surface area contributed by atoms with Crippen molar-refractivity contribution in [2.75, 3.05) is 69.8 Å². The van der Waals surface area contributed by atoms with Gasteiger partial charge in [0.25, 0.3) is 5.91 Å². The molecule has 1 atom stereocenters. The Morgan fingerprint density at radius 2 is 1.93 bits per heavy atom. The lowest BCUT2D eigenvalue weighted by atomic mass is 10.0. The number of anilines is 2. The molecule has 2 aliphatic heterocycles. The van der Waals surface area contributed by atoms with Crippen LogP contribution in [0.3, 0.4) is 0 Å². The van der Waals surface area contributed by atoms with E-state index in [4.69, 9.17) is 32.9 Å². The van der Waals surface area contributed by atoms with E-state index in [-0.39, 0.29) is 37.4 Å². The molecule has 1 aliphatic carbocycles. The normalized spacial score (nSPS) is 18.4. The first kappa shape index (κ1) is 32.7. The number of halogens is 1. The zero-order valence-corrected chi connectivity index (χ0v) is 27.9. The summed E-state index contributed by atoms with van der Waals surface area (Å²) in [5.74, 6) is 5.99. The Kier molecular flexibility index (Phi) is 9.98. The topological polar surface area (TPSA) is 69.4 Å². The first-order chi connectivity index (χ1) is 21.3. The van der Waals surface area contributed by atoms with Gasteiger partial charge < -0.3 is 29.2 Å². The Morgan fingerprint density at radius 1 is 1.16 bits per heavy atom. The monoisotopic (exact) mass is 645 g/mol. The predicted octanol–water partition coefficient (Wildman–Crippen LogP) is 4.64. The van der Waals surface area contributed by atoms with Gasteiger partial charge in [-0.3, -0.25) is 4.79 Å². The predicted molar refractivity (Wildman–Crippen MR) is 184 cm³/mol. The minimum absolute atomic E-state index is 0. The standard InChI is InChI=1S/C34H38ClN7O2.H2S/c1-5-8-30(43)42-18-17-41(20-25(42)19-36-2)32-26-13-16-40(29-12-7-10-24-9-6-11-27(35)31(24)29)21-28(26)37-33(38-32)44-23-34(14-15-34)22-39(3)4;/h6-7,9-12,25H,13-23H2,1,3-4H3;1H2/t25-;/m0./s1. The van der Waals surface area contributed by atoms with Gasteiger partial charge in [0.2, 0.25) is 6.54 Å². The van der Waals surface area contributed by atoms with Crippen molar-refractivity contribution in [3.63, 3.8) is 0 Å². The number of fused-ring (bicyclic) bond motifs is 2. The van der Waals surface area contributed by atoms with Gasteiger partial charge in [0.1, 0.15) is 11.9 Å². The number of rotatable bonds is 8. The summed E-state index contributed by atoms with van der Waals surface area (Å²) in [4.78, 5) is 34.9. The van der Waals surface area contributed by atoms with E-state index in [9.17, 15) is 4.79 Å². The molecule has 0 radical (unpaired) electrons. The van der Waals surface area contributed by atoms with E-state index < -0.39 is 0 Å². The maximum absolute atomic E-state index is 12.7. The minimum Gasteiger partial charge on any atom is -0.463 e.